The Morgan fingerprint density at radius 1 is 1.35 bits per heavy atom. The number of hydrogen-bond donors (Lipinski definition) is 1. The van der Waals surface area contributed by atoms with Gasteiger partial charge in [0.1, 0.15) is 5.75 Å². The zero-order chi connectivity index (χ0) is 14.4. The number of hydrogen-bond acceptors (Lipinski definition) is 4. The highest BCUT2D eigenvalue weighted by atomic mass is 16.5. The molecule has 2 N–H and O–H groups in total. The third-order valence-corrected chi connectivity index (χ3v) is 3.93. The maximum Gasteiger partial charge on any atom is 0.123 e. The first-order chi connectivity index (χ1) is 9.72. The number of rotatable bonds is 6. The number of methoxy groups -OCH3 is 1. The lowest BCUT2D eigenvalue weighted by molar-refractivity contribution is 0.0549. The maximum atomic E-state index is 5.72. The Kier molecular flexibility index (Phi) is 5.83. The van der Waals surface area contributed by atoms with Crippen molar-refractivity contribution in [3.05, 3.63) is 29.3 Å². The van der Waals surface area contributed by atoms with Crippen LogP contribution in [-0.4, -0.2) is 38.8 Å². The minimum Gasteiger partial charge on any atom is -0.496 e. The van der Waals surface area contributed by atoms with Crippen LogP contribution in [0.2, 0.25) is 0 Å². The molecule has 0 aromatic heterocycles. The average molecular weight is 278 g/mol. The summed E-state index contributed by atoms with van der Waals surface area (Å²) in [4.78, 5) is 2.37. The summed E-state index contributed by atoms with van der Waals surface area (Å²) in [6.45, 7) is 4.39. The lowest BCUT2D eigenvalue weighted by Crippen LogP contribution is -2.29. The zero-order valence-electron chi connectivity index (χ0n) is 12.6. The molecule has 1 aromatic rings. The summed E-state index contributed by atoms with van der Waals surface area (Å²) in [7, 11) is 3.89. The standard InChI is InChI=1S/C16H26N2O2/c1-18(11-13-5-7-20-8-6-13)12-15-9-14(10-17)3-4-16(15)19-2/h3-4,9,13H,5-8,10-12,17H2,1-2H3. The third-order valence-electron chi connectivity index (χ3n) is 3.93. The van der Waals surface area contributed by atoms with E-state index in [0.29, 0.717) is 6.54 Å². The largest absolute Gasteiger partial charge is 0.496 e. The number of benzene rings is 1. The van der Waals surface area contributed by atoms with Gasteiger partial charge in [-0.2, -0.15) is 0 Å². The fourth-order valence-electron chi connectivity index (χ4n) is 2.81. The van der Waals surface area contributed by atoms with Crippen molar-refractivity contribution < 1.29 is 9.47 Å². The summed E-state index contributed by atoms with van der Waals surface area (Å²) in [5.41, 5.74) is 8.09. The topological polar surface area (TPSA) is 47.7 Å². The molecule has 1 aliphatic heterocycles. The molecule has 0 unspecified atom stereocenters. The van der Waals surface area contributed by atoms with Crippen molar-refractivity contribution in [2.24, 2.45) is 11.7 Å². The highest BCUT2D eigenvalue weighted by Crippen LogP contribution is 2.23. The second kappa shape index (κ2) is 7.62. The van der Waals surface area contributed by atoms with E-state index >= 15 is 0 Å². The molecule has 0 atom stereocenters. The third kappa shape index (κ3) is 4.20. The van der Waals surface area contributed by atoms with Crippen molar-refractivity contribution in [2.45, 2.75) is 25.9 Å². The van der Waals surface area contributed by atoms with Crippen molar-refractivity contribution >= 4 is 0 Å². The molecule has 0 bridgehead atoms. The van der Waals surface area contributed by atoms with Crippen LogP contribution in [0.3, 0.4) is 0 Å². The highest BCUT2D eigenvalue weighted by Gasteiger charge is 2.16. The first-order valence-corrected chi connectivity index (χ1v) is 7.35. The van der Waals surface area contributed by atoms with E-state index in [-0.39, 0.29) is 0 Å². The number of nitrogens with zero attached hydrogens (tertiary/aromatic N) is 1. The van der Waals surface area contributed by atoms with Crippen LogP contribution < -0.4 is 10.5 Å². The molecule has 0 radical (unpaired) electrons. The van der Waals surface area contributed by atoms with Gasteiger partial charge in [0.25, 0.3) is 0 Å². The van der Waals surface area contributed by atoms with Crippen LogP contribution in [0.25, 0.3) is 0 Å². The van der Waals surface area contributed by atoms with Gasteiger partial charge in [-0.15, -0.1) is 0 Å². The van der Waals surface area contributed by atoms with E-state index in [0.717, 1.165) is 43.5 Å². The van der Waals surface area contributed by atoms with Crippen LogP contribution in [0.5, 0.6) is 5.75 Å². The van der Waals surface area contributed by atoms with Gasteiger partial charge in [0.05, 0.1) is 7.11 Å². The first-order valence-electron chi connectivity index (χ1n) is 7.35. The first kappa shape index (κ1) is 15.3. The predicted octanol–water partition coefficient (Wildman–Crippen LogP) is 2.01. The van der Waals surface area contributed by atoms with Gasteiger partial charge >= 0.3 is 0 Å². The quantitative estimate of drug-likeness (QED) is 0.865. The van der Waals surface area contributed by atoms with E-state index in [1.165, 1.54) is 18.4 Å². The van der Waals surface area contributed by atoms with Crippen LogP contribution in [0.1, 0.15) is 24.0 Å². The SMILES string of the molecule is COc1ccc(CN)cc1CN(C)CC1CCOCC1. The summed E-state index contributed by atoms with van der Waals surface area (Å²) in [6, 6.07) is 6.19. The molecule has 0 spiro atoms. The van der Waals surface area contributed by atoms with Gasteiger partial charge in [-0.1, -0.05) is 6.07 Å². The van der Waals surface area contributed by atoms with Crippen LogP contribution in [0.15, 0.2) is 18.2 Å². The van der Waals surface area contributed by atoms with Gasteiger partial charge in [0, 0.05) is 38.4 Å². The van der Waals surface area contributed by atoms with Crippen molar-refractivity contribution in [3.8, 4) is 5.75 Å². The van der Waals surface area contributed by atoms with Crippen molar-refractivity contribution in [1.29, 1.82) is 0 Å². The lowest BCUT2D eigenvalue weighted by Gasteiger charge is -2.27. The smallest absolute Gasteiger partial charge is 0.123 e. The summed E-state index contributed by atoms with van der Waals surface area (Å²) < 4.78 is 10.9. The molecule has 1 saturated heterocycles. The van der Waals surface area contributed by atoms with Crippen molar-refractivity contribution in [1.82, 2.24) is 4.90 Å². The van der Waals surface area contributed by atoms with E-state index in [4.69, 9.17) is 15.2 Å². The number of nitrogens with two attached hydrogens (primary N) is 1. The second-order valence-electron chi connectivity index (χ2n) is 5.60. The van der Waals surface area contributed by atoms with E-state index in [2.05, 4.69) is 18.0 Å². The van der Waals surface area contributed by atoms with E-state index < -0.39 is 0 Å². The molecule has 1 fully saturated rings. The molecule has 0 saturated carbocycles. The zero-order valence-corrected chi connectivity index (χ0v) is 12.6. The van der Waals surface area contributed by atoms with Crippen molar-refractivity contribution in [2.75, 3.05) is 33.9 Å². The second-order valence-corrected chi connectivity index (χ2v) is 5.60. The van der Waals surface area contributed by atoms with Gasteiger partial charge in [-0.3, -0.25) is 0 Å². The normalized spacial score (nSPS) is 16.6. The van der Waals surface area contributed by atoms with Crippen LogP contribution >= 0.6 is 0 Å². The predicted molar refractivity (Wildman–Crippen MR) is 80.8 cm³/mol. The van der Waals surface area contributed by atoms with Crippen LogP contribution in [-0.2, 0) is 17.8 Å². The fraction of sp³-hybridized carbons (Fsp3) is 0.625. The number of ether oxygens (including phenoxy) is 2. The molecule has 112 valence electrons. The van der Waals surface area contributed by atoms with Crippen molar-refractivity contribution in [3.63, 3.8) is 0 Å². The van der Waals surface area contributed by atoms with Gasteiger partial charge in [-0.25, -0.2) is 0 Å². The fourth-order valence-corrected chi connectivity index (χ4v) is 2.81. The molecule has 4 nitrogen and oxygen atoms in total. The lowest BCUT2D eigenvalue weighted by atomic mass is 9.99. The Hall–Kier alpha value is -1.10. The molecular weight excluding hydrogens is 252 g/mol. The summed E-state index contributed by atoms with van der Waals surface area (Å²) in [5.74, 6) is 1.69. The van der Waals surface area contributed by atoms with Gasteiger partial charge < -0.3 is 20.1 Å². The molecule has 0 amide bonds. The van der Waals surface area contributed by atoms with E-state index in [9.17, 15) is 0 Å². The minimum atomic E-state index is 0.570. The van der Waals surface area contributed by atoms with Gasteiger partial charge in [-0.05, 0) is 43.5 Å². The van der Waals surface area contributed by atoms with Crippen LogP contribution in [0.4, 0.5) is 0 Å². The average Bonchev–Trinajstić information content (AvgIpc) is 2.48. The Morgan fingerprint density at radius 3 is 2.75 bits per heavy atom. The van der Waals surface area contributed by atoms with Crippen LogP contribution in [0, 0.1) is 5.92 Å². The Balaban J connectivity index is 1.96. The van der Waals surface area contributed by atoms with Gasteiger partial charge in [0.15, 0.2) is 0 Å². The molecule has 0 aliphatic carbocycles. The van der Waals surface area contributed by atoms with Gasteiger partial charge in [0.2, 0.25) is 0 Å². The highest BCUT2D eigenvalue weighted by molar-refractivity contribution is 5.37. The molecule has 4 heteroatoms. The van der Waals surface area contributed by atoms with E-state index in [1.807, 2.05) is 12.1 Å². The van der Waals surface area contributed by atoms with E-state index in [1.54, 1.807) is 7.11 Å². The molecule has 2 rings (SSSR count). The summed E-state index contributed by atoms with van der Waals surface area (Å²) >= 11 is 0. The molecule has 1 aliphatic rings. The Morgan fingerprint density at radius 2 is 2.10 bits per heavy atom. The summed E-state index contributed by atoms with van der Waals surface area (Å²) in [6.07, 6.45) is 2.34. The Bertz CT molecular complexity index is 417. The maximum absolute atomic E-state index is 5.72. The molecule has 1 aromatic carbocycles. The molecule has 1 heterocycles. The monoisotopic (exact) mass is 278 g/mol. The Labute approximate surface area is 121 Å². The molecular formula is C16H26N2O2. The summed E-state index contributed by atoms with van der Waals surface area (Å²) in [5, 5.41) is 0. The minimum absolute atomic E-state index is 0.570. The molecule has 20 heavy (non-hydrogen) atoms.